The van der Waals surface area contributed by atoms with Crippen LogP contribution in [-0.4, -0.2) is 70.4 Å². The number of pyridine rings is 1. The second kappa shape index (κ2) is 17.7. The van der Waals surface area contributed by atoms with E-state index >= 15 is 0 Å². The minimum atomic E-state index is -1.99. The number of thiophene rings is 1. The summed E-state index contributed by atoms with van der Waals surface area (Å²) in [5.41, 5.74) is 1.65. The molecule has 2 aromatic heterocycles. The number of nitrogens with zero attached hydrogens (tertiary/aromatic N) is 1. The molecular formula is C45H46N4O7S. The lowest BCUT2D eigenvalue weighted by Crippen LogP contribution is -2.40. The largest absolute Gasteiger partial charge is 0.506 e. The Bertz CT molecular complexity index is 2390. The number of hydrogen-bond donors (Lipinski definition) is 6. The highest BCUT2D eigenvalue weighted by atomic mass is 32.1. The molecule has 3 heterocycles. The number of H-pyrrole nitrogens is 1. The fraction of sp³-hybridized carbons (Fsp3) is 0.267. The summed E-state index contributed by atoms with van der Waals surface area (Å²) in [6.07, 6.45) is 0.999. The minimum absolute atomic E-state index is 0.0643. The van der Waals surface area contributed by atoms with Gasteiger partial charge in [-0.15, -0.1) is 11.3 Å². The molecule has 6 N–H and O–H groups in total. The number of phenols is 1. The summed E-state index contributed by atoms with van der Waals surface area (Å²) in [7, 11) is 2.09. The number of aromatic nitrogens is 1. The van der Waals surface area contributed by atoms with E-state index in [1.807, 2.05) is 48.5 Å². The Kier molecular flexibility index (Phi) is 12.3. The molecule has 57 heavy (non-hydrogen) atoms. The van der Waals surface area contributed by atoms with Gasteiger partial charge in [0.15, 0.2) is 0 Å². The van der Waals surface area contributed by atoms with Crippen molar-refractivity contribution in [2.45, 2.75) is 37.6 Å². The third kappa shape index (κ3) is 9.17. The van der Waals surface area contributed by atoms with Crippen molar-refractivity contribution in [1.29, 1.82) is 0 Å². The lowest BCUT2D eigenvalue weighted by Gasteiger charge is -2.31. The number of fused-ring (bicyclic) bond motifs is 1. The number of piperidine rings is 1. The third-order valence-electron chi connectivity index (χ3n) is 10.6. The van der Waals surface area contributed by atoms with Gasteiger partial charge < -0.3 is 40.6 Å². The van der Waals surface area contributed by atoms with Crippen molar-refractivity contribution in [3.8, 4) is 16.2 Å². The number of aliphatic hydroxyl groups is 2. The van der Waals surface area contributed by atoms with Gasteiger partial charge in [0.05, 0.1) is 24.8 Å². The lowest BCUT2D eigenvalue weighted by molar-refractivity contribution is -0.164. The van der Waals surface area contributed by atoms with E-state index in [1.165, 1.54) is 23.5 Å². The molecular weight excluding hydrogens is 741 g/mol. The van der Waals surface area contributed by atoms with Gasteiger partial charge in [0.25, 0.3) is 5.91 Å². The number of aromatic amines is 1. The Morgan fingerprint density at radius 1 is 0.912 bits per heavy atom. The van der Waals surface area contributed by atoms with Gasteiger partial charge in [-0.25, -0.2) is 4.79 Å². The molecule has 0 radical (unpaired) electrons. The van der Waals surface area contributed by atoms with Gasteiger partial charge in [0, 0.05) is 45.4 Å². The molecule has 1 saturated heterocycles. The summed E-state index contributed by atoms with van der Waals surface area (Å²) in [5, 5.41) is 39.9. The topological polar surface area (TPSA) is 164 Å². The van der Waals surface area contributed by atoms with Crippen LogP contribution in [0.2, 0.25) is 0 Å². The summed E-state index contributed by atoms with van der Waals surface area (Å²) < 4.78 is 5.82. The third-order valence-corrected chi connectivity index (χ3v) is 11.7. The average Bonchev–Trinajstić information content (AvgIpc) is 3.72. The molecule has 0 saturated carbocycles. The molecule has 1 amide bonds. The maximum atomic E-state index is 13.7. The lowest BCUT2D eigenvalue weighted by atomic mass is 9.85. The summed E-state index contributed by atoms with van der Waals surface area (Å²) in [6.45, 7) is 3.17. The van der Waals surface area contributed by atoms with Gasteiger partial charge in [-0.3, -0.25) is 9.59 Å². The van der Waals surface area contributed by atoms with Gasteiger partial charge in [-0.2, -0.15) is 0 Å². The number of aromatic hydroxyl groups is 1. The van der Waals surface area contributed by atoms with Crippen LogP contribution in [0.1, 0.15) is 56.4 Å². The molecule has 2 atom stereocenters. The Hall–Kier alpha value is -5.63. The zero-order valence-electron chi connectivity index (χ0n) is 31.6. The number of carbonyl (C=O) groups excluding carboxylic acids is 2. The van der Waals surface area contributed by atoms with E-state index in [9.17, 15) is 29.7 Å². The van der Waals surface area contributed by atoms with Crippen LogP contribution in [0.4, 0.5) is 0 Å². The van der Waals surface area contributed by atoms with E-state index in [2.05, 4.69) is 27.6 Å². The molecule has 1 fully saturated rings. The molecule has 4 aromatic carbocycles. The summed E-state index contributed by atoms with van der Waals surface area (Å²) in [6, 6.07) is 33.4. The fourth-order valence-electron chi connectivity index (χ4n) is 7.19. The summed E-state index contributed by atoms with van der Waals surface area (Å²) >= 11 is 1.52. The molecule has 12 heteroatoms. The van der Waals surface area contributed by atoms with Gasteiger partial charge in [0.2, 0.25) is 11.2 Å². The van der Waals surface area contributed by atoms with Crippen LogP contribution < -0.4 is 16.2 Å². The number of rotatable bonds is 14. The first-order valence-corrected chi connectivity index (χ1v) is 19.8. The van der Waals surface area contributed by atoms with Crippen LogP contribution in [0, 0.1) is 5.92 Å². The smallest absolute Gasteiger partial charge is 0.347 e. The molecule has 0 spiro atoms. The van der Waals surface area contributed by atoms with E-state index < -0.39 is 17.7 Å². The molecule has 11 nitrogen and oxygen atoms in total. The number of benzene rings is 4. The number of ether oxygens (including phenoxy) is 1. The molecule has 2 unspecified atom stereocenters. The van der Waals surface area contributed by atoms with Crippen LogP contribution in [-0.2, 0) is 28.2 Å². The van der Waals surface area contributed by atoms with Gasteiger partial charge in [-0.05, 0) is 104 Å². The number of amides is 1. The minimum Gasteiger partial charge on any atom is -0.506 e. The van der Waals surface area contributed by atoms with Crippen molar-refractivity contribution in [1.82, 2.24) is 20.5 Å². The molecule has 6 aromatic rings. The van der Waals surface area contributed by atoms with E-state index in [0.29, 0.717) is 40.7 Å². The second-order valence-corrected chi connectivity index (χ2v) is 15.7. The van der Waals surface area contributed by atoms with Crippen molar-refractivity contribution < 1.29 is 29.6 Å². The normalized spacial score (nSPS) is 15.2. The first-order chi connectivity index (χ1) is 27.6. The second-order valence-electron chi connectivity index (χ2n) is 14.6. The van der Waals surface area contributed by atoms with Crippen molar-refractivity contribution in [3.05, 3.63) is 158 Å². The summed E-state index contributed by atoms with van der Waals surface area (Å²) in [5.74, 6) is -0.717. The predicted octanol–water partition coefficient (Wildman–Crippen LogP) is 5.84. The number of aliphatic hydroxyl groups excluding tert-OH is 1. The maximum Gasteiger partial charge on any atom is 0.347 e. The van der Waals surface area contributed by atoms with Gasteiger partial charge in [0.1, 0.15) is 5.75 Å². The van der Waals surface area contributed by atoms with Crippen LogP contribution in [0.3, 0.4) is 0 Å². The fourth-order valence-corrected chi connectivity index (χ4v) is 8.13. The highest BCUT2D eigenvalue weighted by molar-refractivity contribution is 7.15. The Morgan fingerprint density at radius 3 is 2.44 bits per heavy atom. The van der Waals surface area contributed by atoms with Crippen LogP contribution in [0.25, 0.3) is 21.3 Å². The van der Waals surface area contributed by atoms with Crippen molar-refractivity contribution in [3.63, 3.8) is 0 Å². The zero-order valence-corrected chi connectivity index (χ0v) is 32.4. The van der Waals surface area contributed by atoms with Crippen molar-refractivity contribution in [2.24, 2.45) is 5.92 Å². The summed E-state index contributed by atoms with van der Waals surface area (Å²) in [4.78, 5) is 45.3. The predicted molar refractivity (Wildman–Crippen MR) is 221 cm³/mol. The SMILES string of the molecule is CN1CCC(COC(=O)C(O)(c2ccccc2)c2cccc(-c3ccc(CNC(=O)c4ccc(CNCC(O)c5ccc(O)c6[nH]c(=O)ccc56)cc4)s3)c2)CC1. The number of hydrogen-bond acceptors (Lipinski definition) is 10. The maximum absolute atomic E-state index is 13.7. The quantitative estimate of drug-likeness (QED) is 0.0746. The van der Waals surface area contributed by atoms with Crippen LogP contribution >= 0.6 is 11.3 Å². The average molecular weight is 787 g/mol. The highest BCUT2D eigenvalue weighted by Crippen LogP contribution is 2.36. The molecule has 0 bridgehead atoms. The Morgan fingerprint density at radius 2 is 1.67 bits per heavy atom. The van der Waals surface area contributed by atoms with Crippen LogP contribution in [0.5, 0.6) is 5.75 Å². The molecule has 7 rings (SSSR count). The Balaban J connectivity index is 0.945. The number of nitrogens with one attached hydrogen (secondary N) is 3. The first-order valence-electron chi connectivity index (χ1n) is 19.0. The van der Waals surface area contributed by atoms with E-state index in [0.717, 1.165) is 46.8 Å². The van der Waals surface area contributed by atoms with Crippen LogP contribution in [0.15, 0.2) is 120 Å². The van der Waals surface area contributed by atoms with Gasteiger partial charge in [-0.1, -0.05) is 66.7 Å². The Labute approximate surface area is 334 Å². The molecule has 0 aliphatic carbocycles. The van der Waals surface area contributed by atoms with E-state index in [1.54, 1.807) is 54.6 Å². The molecule has 294 valence electrons. The number of phenolic OH excluding ortho intramolecular Hbond substituents is 1. The molecule has 1 aliphatic heterocycles. The van der Waals surface area contributed by atoms with Crippen molar-refractivity contribution >= 4 is 34.1 Å². The number of carbonyl (C=O) groups is 2. The first kappa shape index (κ1) is 39.6. The monoisotopic (exact) mass is 786 g/mol. The van der Waals surface area contributed by atoms with E-state index in [4.69, 9.17) is 4.74 Å². The van der Waals surface area contributed by atoms with Crippen molar-refractivity contribution in [2.75, 3.05) is 33.3 Å². The number of esters is 1. The highest BCUT2D eigenvalue weighted by Gasteiger charge is 2.42. The van der Waals surface area contributed by atoms with Gasteiger partial charge >= 0.3 is 5.97 Å². The molecule has 1 aliphatic rings. The van der Waals surface area contributed by atoms with E-state index in [-0.39, 0.29) is 41.8 Å². The standard InChI is InChI=1S/C45H46N4O7S/c1-49-22-20-30(21-23-49)28-56-44(54)45(55,33-7-3-2-4-8-33)34-9-5-6-32(24-34)40-18-14-35(57-40)26-47-43(53)31-12-10-29(11-13-31)25-46-27-39(51)36-15-17-38(50)42-37(36)16-19-41(52)48-42/h2-19,24,30,39,46,50-51,55H,20-23,25-28H2,1H3,(H,47,53)(H,48,52). The zero-order chi connectivity index (χ0) is 39.9. The number of likely N-dealkylation sites (tertiary alicyclic amines) is 1.